The first-order valence-electron chi connectivity index (χ1n) is 6.97. The second-order valence-electron chi connectivity index (χ2n) is 5.02. The van der Waals surface area contributed by atoms with Gasteiger partial charge < -0.3 is 10.2 Å². The lowest BCUT2D eigenvalue weighted by Crippen LogP contribution is -2.23. The first-order valence-corrected chi connectivity index (χ1v) is 7.73. The zero-order valence-corrected chi connectivity index (χ0v) is 14.4. The molecule has 0 heterocycles. The second kappa shape index (κ2) is 7.92. The fourth-order valence-electron chi connectivity index (χ4n) is 2.00. The van der Waals surface area contributed by atoms with Crippen LogP contribution in [0, 0.1) is 11.8 Å². The highest BCUT2D eigenvalue weighted by Gasteiger charge is 2.09. The summed E-state index contributed by atoms with van der Waals surface area (Å²) in [4.78, 5) is 14.1. The predicted octanol–water partition coefficient (Wildman–Crippen LogP) is 3.84. The van der Waals surface area contributed by atoms with Crippen molar-refractivity contribution in [1.82, 2.24) is 5.32 Å². The molecule has 0 atom stereocenters. The van der Waals surface area contributed by atoms with Crippen LogP contribution < -0.4 is 10.2 Å². The van der Waals surface area contributed by atoms with Crippen molar-refractivity contribution in [3.63, 3.8) is 0 Å². The molecule has 1 N–H and O–H groups in total. The number of halogens is 2. The molecule has 0 saturated heterocycles. The van der Waals surface area contributed by atoms with Crippen molar-refractivity contribution in [2.45, 2.75) is 0 Å². The smallest absolute Gasteiger partial charge is 0.253 e. The standard InChI is InChI=1S/C18H16Cl2N2O/c1-22(2)17-8-4-3-6-13(17)7-5-11-21-18(23)15-12-14(19)9-10-16(15)20/h3-4,6,8-10,12H,11H2,1-2H3,(H,21,23). The van der Waals surface area contributed by atoms with Gasteiger partial charge in [0.2, 0.25) is 0 Å². The molecule has 0 saturated carbocycles. The second-order valence-corrected chi connectivity index (χ2v) is 5.86. The lowest BCUT2D eigenvalue weighted by molar-refractivity contribution is 0.0959. The van der Waals surface area contributed by atoms with Crippen molar-refractivity contribution in [3.8, 4) is 11.8 Å². The number of carbonyl (C=O) groups excluding carboxylic acids is 1. The van der Waals surface area contributed by atoms with Gasteiger partial charge in [0.1, 0.15) is 0 Å². The van der Waals surface area contributed by atoms with E-state index in [1.807, 2.05) is 43.3 Å². The number of hydrogen-bond donors (Lipinski definition) is 1. The van der Waals surface area contributed by atoms with Gasteiger partial charge in [0.25, 0.3) is 5.91 Å². The number of nitrogens with one attached hydrogen (secondary N) is 1. The molecule has 2 rings (SSSR count). The molecule has 23 heavy (non-hydrogen) atoms. The Balaban J connectivity index is 2.04. The van der Waals surface area contributed by atoms with E-state index in [-0.39, 0.29) is 12.5 Å². The van der Waals surface area contributed by atoms with Crippen LogP contribution in [0.4, 0.5) is 5.69 Å². The fraction of sp³-hybridized carbons (Fsp3) is 0.167. The van der Waals surface area contributed by atoms with Crippen LogP contribution >= 0.6 is 23.2 Å². The summed E-state index contributed by atoms with van der Waals surface area (Å²) in [5.74, 6) is 5.71. The number of carbonyl (C=O) groups is 1. The van der Waals surface area contributed by atoms with Crippen LogP contribution in [0.1, 0.15) is 15.9 Å². The molecule has 0 radical (unpaired) electrons. The third kappa shape index (κ3) is 4.66. The van der Waals surface area contributed by atoms with Crippen molar-refractivity contribution in [1.29, 1.82) is 0 Å². The summed E-state index contributed by atoms with van der Waals surface area (Å²) in [6, 6.07) is 12.6. The van der Waals surface area contributed by atoms with E-state index < -0.39 is 0 Å². The topological polar surface area (TPSA) is 32.3 Å². The summed E-state index contributed by atoms with van der Waals surface area (Å²) in [6.45, 7) is 0.226. The van der Waals surface area contributed by atoms with Crippen molar-refractivity contribution in [2.75, 3.05) is 25.5 Å². The zero-order chi connectivity index (χ0) is 16.8. The maximum atomic E-state index is 12.1. The Morgan fingerprint density at radius 2 is 1.91 bits per heavy atom. The van der Waals surface area contributed by atoms with Gasteiger partial charge in [-0.2, -0.15) is 0 Å². The van der Waals surface area contributed by atoms with E-state index in [0.29, 0.717) is 15.6 Å². The molecule has 3 nitrogen and oxygen atoms in total. The van der Waals surface area contributed by atoms with Crippen LogP contribution in [0.25, 0.3) is 0 Å². The molecule has 0 unspecified atom stereocenters. The molecule has 0 spiro atoms. The first-order chi connectivity index (χ1) is 11.0. The molecule has 0 aliphatic carbocycles. The van der Waals surface area contributed by atoms with Gasteiger partial charge in [0.05, 0.1) is 22.8 Å². The highest BCUT2D eigenvalue weighted by molar-refractivity contribution is 6.35. The third-order valence-electron chi connectivity index (χ3n) is 3.12. The lowest BCUT2D eigenvalue weighted by Gasteiger charge is -2.13. The molecular formula is C18H16Cl2N2O. The highest BCUT2D eigenvalue weighted by atomic mass is 35.5. The molecule has 0 bridgehead atoms. The normalized spacial score (nSPS) is 9.74. The number of nitrogens with zero attached hydrogens (tertiary/aromatic N) is 1. The Morgan fingerprint density at radius 1 is 1.17 bits per heavy atom. The lowest BCUT2D eigenvalue weighted by atomic mass is 10.1. The Morgan fingerprint density at radius 3 is 2.65 bits per heavy atom. The van der Waals surface area contributed by atoms with Crippen LogP contribution in [0.5, 0.6) is 0 Å². The first kappa shape index (κ1) is 17.2. The fourth-order valence-corrected chi connectivity index (χ4v) is 2.38. The molecule has 0 aliphatic rings. The van der Waals surface area contributed by atoms with Crippen molar-refractivity contribution < 1.29 is 4.79 Å². The van der Waals surface area contributed by atoms with Crippen molar-refractivity contribution >= 4 is 34.8 Å². The summed E-state index contributed by atoms with van der Waals surface area (Å²) >= 11 is 11.9. The summed E-state index contributed by atoms with van der Waals surface area (Å²) in [6.07, 6.45) is 0. The minimum atomic E-state index is -0.298. The van der Waals surface area contributed by atoms with Crippen LogP contribution in [-0.2, 0) is 0 Å². The van der Waals surface area contributed by atoms with Gasteiger partial charge in [0.15, 0.2) is 0 Å². The number of benzene rings is 2. The number of amides is 1. The average Bonchev–Trinajstić information content (AvgIpc) is 2.53. The molecule has 1 amide bonds. The van der Waals surface area contributed by atoms with E-state index in [2.05, 4.69) is 17.2 Å². The molecule has 2 aromatic rings. The van der Waals surface area contributed by atoms with E-state index in [1.54, 1.807) is 12.1 Å². The average molecular weight is 347 g/mol. The van der Waals surface area contributed by atoms with Gasteiger partial charge in [-0.15, -0.1) is 0 Å². The predicted molar refractivity (Wildman–Crippen MR) is 96.4 cm³/mol. The maximum absolute atomic E-state index is 12.1. The Hall–Kier alpha value is -2.15. The minimum Gasteiger partial charge on any atom is -0.377 e. The van der Waals surface area contributed by atoms with Gasteiger partial charge in [-0.05, 0) is 30.3 Å². The van der Waals surface area contributed by atoms with Gasteiger partial charge in [-0.1, -0.05) is 47.2 Å². The molecule has 0 aromatic heterocycles. The Labute approximate surface area is 146 Å². The largest absolute Gasteiger partial charge is 0.377 e. The Kier molecular flexibility index (Phi) is 5.92. The van der Waals surface area contributed by atoms with E-state index in [0.717, 1.165) is 11.3 Å². The van der Waals surface area contributed by atoms with E-state index in [9.17, 15) is 4.79 Å². The number of hydrogen-bond acceptors (Lipinski definition) is 2. The number of para-hydroxylation sites is 1. The summed E-state index contributed by atoms with van der Waals surface area (Å²) < 4.78 is 0. The summed E-state index contributed by atoms with van der Waals surface area (Å²) in [7, 11) is 3.92. The Bertz CT molecular complexity index is 776. The summed E-state index contributed by atoms with van der Waals surface area (Å²) in [5, 5.41) is 3.54. The van der Waals surface area contributed by atoms with Crippen LogP contribution in [-0.4, -0.2) is 26.5 Å². The van der Waals surface area contributed by atoms with Gasteiger partial charge in [-0.25, -0.2) is 0 Å². The summed E-state index contributed by atoms with van der Waals surface area (Å²) in [5.41, 5.74) is 2.28. The molecule has 0 aliphatic heterocycles. The minimum absolute atomic E-state index is 0.226. The zero-order valence-electron chi connectivity index (χ0n) is 12.9. The van der Waals surface area contributed by atoms with Crippen molar-refractivity contribution in [3.05, 3.63) is 63.6 Å². The maximum Gasteiger partial charge on any atom is 0.253 e. The van der Waals surface area contributed by atoms with Crippen molar-refractivity contribution in [2.24, 2.45) is 0 Å². The SMILES string of the molecule is CN(C)c1ccccc1C#CCNC(=O)c1cc(Cl)ccc1Cl. The molecule has 2 aromatic carbocycles. The van der Waals surface area contributed by atoms with E-state index in [4.69, 9.17) is 23.2 Å². The quantitative estimate of drug-likeness (QED) is 0.856. The molecular weight excluding hydrogens is 331 g/mol. The highest BCUT2D eigenvalue weighted by Crippen LogP contribution is 2.20. The number of rotatable bonds is 3. The van der Waals surface area contributed by atoms with Crippen LogP contribution in [0.2, 0.25) is 10.0 Å². The third-order valence-corrected chi connectivity index (χ3v) is 3.68. The van der Waals surface area contributed by atoms with E-state index >= 15 is 0 Å². The van der Waals surface area contributed by atoms with Gasteiger partial charge in [0, 0.05) is 24.7 Å². The van der Waals surface area contributed by atoms with Crippen LogP contribution in [0.15, 0.2) is 42.5 Å². The van der Waals surface area contributed by atoms with Gasteiger partial charge >= 0.3 is 0 Å². The van der Waals surface area contributed by atoms with E-state index in [1.165, 1.54) is 6.07 Å². The van der Waals surface area contributed by atoms with Gasteiger partial charge in [-0.3, -0.25) is 4.79 Å². The molecule has 118 valence electrons. The molecule has 0 fully saturated rings. The van der Waals surface area contributed by atoms with Crippen LogP contribution in [0.3, 0.4) is 0 Å². The monoisotopic (exact) mass is 346 g/mol. The number of anilines is 1. The molecule has 5 heteroatoms.